The van der Waals surface area contributed by atoms with Crippen LogP contribution in [0.25, 0.3) is 11.2 Å². The number of benzene rings is 1. The predicted octanol–water partition coefficient (Wildman–Crippen LogP) is 3.10. The van der Waals surface area contributed by atoms with Crippen molar-refractivity contribution in [2.75, 3.05) is 17.7 Å². The molecule has 0 fully saturated rings. The fraction of sp³-hybridized carbons (Fsp3) is 0.154. The third-order valence-electron chi connectivity index (χ3n) is 2.88. The molecule has 102 valence electrons. The van der Waals surface area contributed by atoms with Crippen LogP contribution in [0.2, 0.25) is 5.02 Å². The van der Waals surface area contributed by atoms with E-state index in [2.05, 4.69) is 30.6 Å². The molecule has 3 rings (SSSR count). The zero-order chi connectivity index (χ0) is 14.1. The molecule has 0 aliphatic heterocycles. The van der Waals surface area contributed by atoms with Crippen LogP contribution in [-0.4, -0.2) is 27.0 Å². The molecule has 0 spiro atoms. The number of rotatable bonds is 3. The number of nitrogens with one attached hydrogen (secondary N) is 3. The Morgan fingerprint density at radius 1 is 1.25 bits per heavy atom. The monoisotopic (exact) mass is 288 g/mol. The molecule has 0 saturated heterocycles. The van der Waals surface area contributed by atoms with Gasteiger partial charge in [-0.25, -0.2) is 4.98 Å². The molecule has 7 heteroatoms. The van der Waals surface area contributed by atoms with E-state index in [1.807, 2.05) is 25.1 Å². The summed E-state index contributed by atoms with van der Waals surface area (Å²) in [6, 6.07) is 5.77. The smallest absolute Gasteiger partial charge is 0.226 e. The van der Waals surface area contributed by atoms with Crippen molar-refractivity contribution < 1.29 is 0 Å². The molecule has 0 amide bonds. The van der Waals surface area contributed by atoms with Gasteiger partial charge in [0.2, 0.25) is 5.95 Å². The van der Waals surface area contributed by atoms with E-state index in [0.717, 1.165) is 16.8 Å². The van der Waals surface area contributed by atoms with Gasteiger partial charge in [-0.2, -0.15) is 9.97 Å². The van der Waals surface area contributed by atoms with Gasteiger partial charge in [0.1, 0.15) is 5.52 Å². The summed E-state index contributed by atoms with van der Waals surface area (Å²) in [5.41, 5.74) is 3.24. The van der Waals surface area contributed by atoms with Crippen LogP contribution >= 0.6 is 11.6 Å². The molecule has 2 aromatic heterocycles. The van der Waals surface area contributed by atoms with Gasteiger partial charge in [0.15, 0.2) is 11.5 Å². The number of hydrogen-bond donors (Lipinski definition) is 3. The molecule has 0 radical (unpaired) electrons. The Balaban J connectivity index is 2.09. The van der Waals surface area contributed by atoms with Crippen LogP contribution in [0.15, 0.2) is 24.5 Å². The number of halogens is 1. The largest absolute Gasteiger partial charge is 0.357 e. The first-order valence-electron chi connectivity index (χ1n) is 6.09. The minimum absolute atomic E-state index is 0.496. The molecule has 6 nitrogen and oxygen atoms in total. The zero-order valence-electron chi connectivity index (χ0n) is 11.0. The average Bonchev–Trinajstić information content (AvgIpc) is 2.91. The second kappa shape index (κ2) is 4.97. The number of fused-ring (bicyclic) bond motifs is 1. The minimum atomic E-state index is 0.496. The Labute approximate surface area is 120 Å². The predicted molar refractivity (Wildman–Crippen MR) is 80.7 cm³/mol. The van der Waals surface area contributed by atoms with E-state index in [9.17, 15) is 0 Å². The van der Waals surface area contributed by atoms with Gasteiger partial charge < -0.3 is 15.6 Å². The summed E-state index contributed by atoms with van der Waals surface area (Å²) in [5, 5.41) is 6.77. The average molecular weight is 289 g/mol. The van der Waals surface area contributed by atoms with Crippen molar-refractivity contribution in [2.45, 2.75) is 6.92 Å². The van der Waals surface area contributed by atoms with E-state index >= 15 is 0 Å². The van der Waals surface area contributed by atoms with Crippen molar-refractivity contribution >= 4 is 40.2 Å². The van der Waals surface area contributed by atoms with Gasteiger partial charge in [-0.1, -0.05) is 17.7 Å². The Morgan fingerprint density at radius 3 is 2.90 bits per heavy atom. The lowest BCUT2D eigenvalue weighted by Gasteiger charge is -2.10. The fourth-order valence-corrected chi connectivity index (χ4v) is 2.06. The number of hydrogen-bond acceptors (Lipinski definition) is 5. The first kappa shape index (κ1) is 12.7. The van der Waals surface area contributed by atoms with E-state index in [1.54, 1.807) is 13.4 Å². The van der Waals surface area contributed by atoms with Crippen molar-refractivity contribution in [1.29, 1.82) is 0 Å². The van der Waals surface area contributed by atoms with Gasteiger partial charge >= 0.3 is 0 Å². The standard InChI is InChI=1S/C13H13ClN6/c1-7-3-4-8(14)9(5-7)18-12-10-11(17-6-16-10)19-13(15-2)20-12/h3-6H,1-2H3,(H3,15,16,17,18,19,20). The van der Waals surface area contributed by atoms with Crippen LogP contribution in [0.4, 0.5) is 17.5 Å². The van der Waals surface area contributed by atoms with Gasteiger partial charge in [-0.3, -0.25) is 0 Å². The lowest BCUT2D eigenvalue weighted by molar-refractivity contribution is 1.18. The molecule has 3 aromatic rings. The highest BCUT2D eigenvalue weighted by Gasteiger charge is 2.11. The van der Waals surface area contributed by atoms with Crippen LogP contribution in [-0.2, 0) is 0 Å². The third-order valence-corrected chi connectivity index (χ3v) is 3.21. The Kier molecular flexibility index (Phi) is 3.15. The Bertz CT molecular complexity index is 767. The normalized spacial score (nSPS) is 10.8. The Hall–Kier alpha value is -2.34. The molecule has 3 N–H and O–H groups in total. The molecule has 0 unspecified atom stereocenters. The maximum absolute atomic E-state index is 6.20. The lowest BCUT2D eigenvalue weighted by Crippen LogP contribution is -2.02. The van der Waals surface area contributed by atoms with E-state index in [0.29, 0.717) is 22.4 Å². The summed E-state index contributed by atoms with van der Waals surface area (Å²) >= 11 is 6.20. The maximum Gasteiger partial charge on any atom is 0.226 e. The number of H-pyrrole nitrogens is 1. The van der Waals surface area contributed by atoms with Crippen molar-refractivity contribution in [3.8, 4) is 0 Å². The molecular weight excluding hydrogens is 276 g/mol. The van der Waals surface area contributed by atoms with Crippen molar-refractivity contribution in [3.63, 3.8) is 0 Å². The summed E-state index contributed by atoms with van der Waals surface area (Å²) in [6.45, 7) is 2.01. The summed E-state index contributed by atoms with van der Waals surface area (Å²) in [5.74, 6) is 1.13. The summed E-state index contributed by atoms with van der Waals surface area (Å²) < 4.78 is 0. The highest BCUT2D eigenvalue weighted by molar-refractivity contribution is 6.33. The van der Waals surface area contributed by atoms with E-state index < -0.39 is 0 Å². The summed E-state index contributed by atoms with van der Waals surface area (Å²) in [6.07, 6.45) is 1.59. The molecule has 0 saturated carbocycles. The number of aryl methyl sites for hydroxylation is 1. The topological polar surface area (TPSA) is 78.5 Å². The van der Waals surface area contributed by atoms with Gasteiger partial charge in [0, 0.05) is 7.05 Å². The number of aromatic nitrogens is 4. The first-order chi connectivity index (χ1) is 9.67. The van der Waals surface area contributed by atoms with Crippen molar-refractivity contribution in [3.05, 3.63) is 35.1 Å². The van der Waals surface area contributed by atoms with Crippen molar-refractivity contribution in [2.24, 2.45) is 0 Å². The van der Waals surface area contributed by atoms with E-state index in [4.69, 9.17) is 11.6 Å². The van der Waals surface area contributed by atoms with Crippen molar-refractivity contribution in [1.82, 2.24) is 19.9 Å². The molecule has 0 atom stereocenters. The molecule has 2 heterocycles. The Morgan fingerprint density at radius 2 is 2.10 bits per heavy atom. The molecular formula is C13H13ClN6. The lowest BCUT2D eigenvalue weighted by atomic mass is 10.2. The van der Waals surface area contributed by atoms with Gasteiger partial charge in [-0.05, 0) is 24.6 Å². The van der Waals surface area contributed by atoms with Crippen LogP contribution in [0, 0.1) is 6.92 Å². The molecule has 20 heavy (non-hydrogen) atoms. The number of imidazole rings is 1. The fourth-order valence-electron chi connectivity index (χ4n) is 1.90. The van der Waals surface area contributed by atoms with E-state index in [-0.39, 0.29) is 0 Å². The molecule has 0 aliphatic rings. The minimum Gasteiger partial charge on any atom is -0.357 e. The summed E-state index contributed by atoms with van der Waals surface area (Å²) in [4.78, 5) is 15.8. The maximum atomic E-state index is 6.20. The first-order valence-corrected chi connectivity index (χ1v) is 6.47. The SMILES string of the molecule is CNc1nc(Nc2cc(C)ccc2Cl)c2[nH]cnc2n1. The highest BCUT2D eigenvalue weighted by atomic mass is 35.5. The van der Waals surface area contributed by atoms with Gasteiger partial charge in [0.25, 0.3) is 0 Å². The van der Waals surface area contributed by atoms with Gasteiger partial charge in [0.05, 0.1) is 17.0 Å². The highest BCUT2D eigenvalue weighted by Crippen LogP contribution is 2.28. The number of aromatic amines is 1. The summed E-state index contributed by atoms with van der Waals surface area (Å²) in [7, 11) is 1.76. The second-order valence-corrected chi connectivity index (χ2v) is 4.76. The third kappa shape index (κ3) is 2.25. The zero-order valence-corrected chi connectivity index (χ0v) is 11.8. The van der Waals surface area contributed by atoms with Crippen LogP contribution in [0.5, 0.6) is 0 Å². The quantitative estimate of drug-likeness (QED) is 0.690. The van der Waals surface area contributed by atoms with Crippen LogP contribution in [0.1, 0.15) is 5.56 Å². The molecule has 0 aliphatic carbocycles. The molecule has 1 aromatic carbocycles. The van der Waals surface area contributed by atoms with Crippen LogP contribution < -0.4 is 10.6 Å². The molecule has 0 bridgehead atoms. The van der Waals surface area contributed by atoms with Crippen LogP contribution in [0.3, 0.4) is 0 Å². The van der Waals surface area contributed by atoms with E-state index in [1.165, 1.54) is 0 Å². The number of nitrogens with zero attached hydrogens (tertiary/aromatic N) is 3. The number of anilines is 3. The van der Waals surface area contributed by atoms with Gasteiger partial charge in [-0.15, -0.1) is 0 Å². The second-order valence-electron chi connectivity index (χ2n) is 4.36.